The number of ether oxygens (including phenoxy) is 2. The van der Waals surface area contributed by atoms with Gasteiger partial charge < -0.3 is 25.2 Å². The maximum absolute atomic E-state index is 12.1. The van der Waals surface area contributed by atoms with Crippen LogP contribution in [0.5, 0.6) is 17.2 Å². The van der Waals surface area contributed by atoms with E-state index in [4.69, 9.17) is 9.47 Å². The van der Waals surface area contributed by atoms with E-state index in [0.717, 1.165) is 0 Å². The number of hydrogen-bond donors (Lipinski definition) is 3. The lowest BCUT2D eigenvalue weighted by Crippen LogP contribution is -2.35. The predicted octanol–water partition coefficient (Wildman–Crippen LogP) is 2.15. The molecule has 2 aromatic carbocycles. The van der Waals surface area contributed by atoms with Crippen LogP contribution in [0.1, 0.15) is 6.42 Å². The minimum absolute atomic E-state index is 0.148. The zero-order valence-corrected chi connectivity index (χ0v) is 13.4. The molecule has 6 nitrogen and oxygen atoms in total. The van der Waals surface area contributed by atoms with Gasteiger partial charge in [0.25, 0.3) is 0 Å². The molecule has 1 saturated heterocycles. The van der Waals surface area contributed by atoms with Crippen molar-refractivity contribution >= 4 is 11.6 Å². The van der Waals surface area contributed by atoms with E-state index >= 15 is 0 Å². The monoisotopic (exact) mass is 328 g/mol. The third-order valence-corrected chi connectivity index (χ3v) is 3.84. The van der Waals surface area contributed by atoms with Crippen LogP contribution in [-0.4, -0.2) is 36.8 Å². The number of nitrogens with one attached hydrogen (secondary N) is 2. The fourth-order valence-corrected chi connectivity index (χ4v) is 2.58. The minimum Gasteiger partial charge on any atom is -0.493 e. The third-order valence-electron chi connectivity index (χ3n) is 3.84. The van der Waals surface area contributed by atoms with E-state index in [-0.39, 0.29) is 11.9 Å². The Kier molecular flexibility index (Phi) is 4.98. The lowest BCUT2D eigenvalue weighted by molar-refractivity contribution is -0.117. The predicted molar refractivity (Wildman–Crippen MR) is 90.6 cm³/mol. The molecule has 6 heteroatoms. The molecule has 1 aliphatic rings. The normalized spacial score (nSPS) is 19.8. The lowest BCUT2D eigenvalue weighted by atomic mass is 10.2. The van der Waals surface area contributed by atoms with Gasteiger partial charge in [0.2, 0.25) is 5.91 Å². The second-order valence-corrected chi connectivity index (χ2v) is 5.62. The van der Waals surface area contributed by atoms with Crippen molar-refractivity contribution in [3.05, 3.63) is 48.5 Å². The summed E-state index contributed by atoms with van der Waals surface area (Å²) in [6.45, 7) is 0.448. The lowest BCUT2D eigenvalue weighted by Gasteiger charge is -2.12. The summed E-state index contributed by atoms with van der Waals surface area (Å²) in [5, 5.41) is 15.3. The highest BCUT2D eigenvalue weighted by Crippen LogP contribution is 2.31. The second-order valence-electron chi connectivity index (χ2n) is 5.62. The molecule has 0 saturated carbocycles. The Labute approximate surface area is 140 Å². The first kappa shape index (κ1) is 16.3. The SMILES string of the molecule is COc1ccccc1Oc1ccc(NC(=O)C2CC(O)CN2)cc1. The smallest absolute Gasteiger partial charge is 0.241 e. The summed E-state index contributed by atoms with van der Waals surface area (Å²) in [6.07, 6.45) is -0.0294. The fourth-order valence-electron chi connectivity index (χ4n) is 2.58. The average Bonchev–Trinajstić information content (AvgIpc) is 3.04. The summed E-state index contributed by atoms with van der Waals surface area (Å²) in [5.41, 5.74) is 0.676. The minimum atomic E-state index is -0.461. The van der Waals surface area contributed by atoms with Crippen LogP contribution in [0.4, 0.5) is 5.69 Å². The standard InChI is InChI=1S/C18H20N2O4/c1-23-16-4-2-3-5-17(16)24-14-8-6-12(7-9-14)20-18(22)15-10-13(21)11-19-15/h2-9,13,15,19,21H,10-11H2,1H3,(H,20,22). The number of β-amino-alcohol motifs (C(OH)–C–C–N with tert-alkyl or cyclic N) is 1. The zero-order chi connectivity index (χ0) is 16.9. The summed E-state index contributed by atoms with van der Waals surface area (Å²) in [6, 6.07) is 14.1. The van der Waals surface area contributed by atoms with E-state index in [1.165, 1.54) is 0 Å². The molecule has 2 unspecified atom stereocenters. The summed E-state index contributed by atoms with van der Waals surface area (Å²) < 4.78 is 11.0. The van der Waals surface area contributed by atoms with Gasteiger partial charge in [-0.05, 0) is 42.8 Å². The van der Waals surface area contributed by atoms with Gasteiger partial charge in [-0.3, -0.25) is 4.79 Å². The number of carbonyl (C=O) groups excluding carboxylic acids is 1. The summed E-state index contributed by atoms with van der Waals surface area (Å²) in [7, 11) is 1.59. The van der Waals surface area contributed by atoms with Gasteiger partial charge in [0.15, 0.2) is 11.5 Å². The van der Waals surface area contributed by atoms with Crippen molar-refractivity contribution in [3.8, 4) is 17.2 Å². The van der Waals surface area contributed by atoms with Crippen LogP contribution >= 0.6 is 0 Å². The highest BCUT2D eigenvalue weighted by molar-refractivity contribution is 5.95. The number of aliphatic hydroxyl groups is 1. The van der Waals surface area contributed by atoms with Crippen molar-refractivity contribution in [2.75, 3.05) is 19.0 Å². The highest BCUT2D eigenvalue weighted by atomic mass is 16.5. The van der Waals surface area contributed by atoms with E-state index in [0.29, 0.717) is 35.9 Å². The molecule has 0 bridgehead atoms. The van der Waals surface area contributed by atoms with Gasteiger partial charge in [-0.25, -0.2) is 0 Å². The topological polar surface area (TPSA) is 79.8 Å². The maximum Gasteiger partial charge on any atom is 0.241 e. The molecule has 1 heterocycles. The van der Waals surface area contributed by atoms with Crippen LogP contribution < -0.4 is 20.1 Å². The van der Waals surface area contributed by atoms with Crippen LogP contribution in [0.3, 0.4) is 0 Å². The van der Waals surface area contributed by atoms with E-state index in [9.17, 15) is 9.90 Å². The summed E-state index contributed by atoms with van der Waals surface area (Å²) in [4.78, 5) is 12.1. The fraction of sp³-hybridized carbons (Fsp3) is 0.278. The Morgan fingerprint density at radius 1 is 1.17 bits per heavy atom. The zero-order valence-electron chi connectivity index (χ0n) is 13.4. The van der Waals surface area contributed by atoms with E-state index in [2.05, 4.69) is 10.6 Å². The Morgan fingerprint density at radius 2 is 1.88 bits per heavy atom. The van der Waals surface area contributed by atoms with Gasteiger partial charge in [-0.1, -0.05) is 12.1 Å². The van der Waals surface area contributed by atoms with E-state index in [1.807, 2.05) is 24.3 Å². The number of rotatable bonds is 5. The molecule has 0 aliphatic carbocycles. The van der Waals surface area contributed by atoms with Crippen LogP contribution in [0.25, 0.3) is 0 Å². The van der Waals surface area contributed by atoms with Crippen molar-refractivity contribution in [1.29, 1.82) is 0 Å². The van der Waals surface area contributed by atoms with Gasteiger partial charge in [0.05, 0.1) is 19.3 Å². The second kappa shape index (κ2) is 7.33. The Hall–Kier alpha value is -2.57. The molecule has 1 aliphatic heterocycles. The first-order valence-corrected chi connectivity index (χ1v) is 7.79. The van der Waals surface area contributed by atoms with Crippen LogP contribution in [0, 0.1) is 0 Å². The molecule has 1 fully saturated rings. The molecule has 126 valence electrons. The van der Waals surface area contributed by atoms with Crippen molar-refractivity contribution in [2.24, 2.45) is 0 Å². The van der Waals surface area contributed by atoms with Gasteiger partial charge in [0, 0.05) is 12.2 Å². The molecule has 3 N–H and O–H groups in total. The average molecular weight is 328 g/mol. The molecule has 24 heavy (non-hydrogen) atoms. The third kappa shape index (κ3) is 3.84. The first-order chi connectivity index (χ1) is 11.7. The van der Waals surface area contributed by atoms with Crippen molar-refractivity contribution in [3.63, 3.8) is 0 Å². The molecule has 0 spiro atoms. The molecular formula is C18H20N2O4. The number of aliphatic hydroxyl groups excluding tert-OH is 1. The van der Waals surface area contributed by atoms with Crippen LogP contribution in [0.2, 0.25) is 0 Å². The number of amides is 1. The van der Waals surface area contributed by atoms with Gasteiger partial charge in [0.1, 0.15) is 5.75 Å². The van der Waals surface area contributed by atoms with Crippen molar-refractivity contribution in [1.82, 2.24) is 5.32 Å². The Morgan fingerprint density at radius 3 is 2.50 bits per heavy atom. The quantitative estimate of drug-likeness (QED) is 0.784. The van der Waals surface area contributed by atoms with E-state index in [1.54, 1.807) is 31.4 Å². The Bertz CT molecular complexity index is 702. The van der Waals surface area contributed by atoms with Crippen molar-refractivity contribution < 1.29 is 19.4 Å². The van der Waals surface area contributed by atoms with Crippen LogP contribution in [0.15, 0.2) is 48.5 Å². The van der Waals surface area contributed by atoms with Gasteiger partial charge in [-0.2, -0.15) is 0 Å². The number of methoxy groups -OCH3 is 1. The molecule has 0 radical (unpaired) electrons. The number of benzene rings is 2. The van der Waals surface area contributed by atoms with Crippen LogP contribution in [-0.2, 0) is 4.79 Å². The molecular weight excluding hydrogens is 308 g/mol. The summed E-state index contributed by atoms with van der Waals surface area (Å²) >= 11 is 0. The first-order valence-electron chi connectivity index (χ1n) is 7.79. The number of anilines is 1. The van der Waals surface area contributed by atoms with Crippen molar-refractivity contribution in [2.45, 2.75) is 18.6 Å². The number of carbonyl (C=O) groups is 1. The Balaban J connectivity index is 1.62. The molecule has 2 aromatic rings. The molecule has 1 amide bonds. The molecule has 0 aromatic heterocycles. The van der Waals surface area contributed by atoms with E-state index < -0.39 is 6.10 Å². The number of hydrogen-bond acceptors (Lipinski definition) is 5. The highest BCUT2D eigenvalue weighted by Gasteiger charge is 2.27. The largest absolute Gasteiger partial charge is 0.493 e. The summed E-state index contributed by atoms with van der Waals surface area (Å²) in [5.74, 6) is 1.78. The van der Waals surface area contributed by atoms with Gasteiger partial charge in [-0.15, -0.1) is 0 Å². The van der Waals surface area contributed by atoms with Gasteiger partial charge >= 0.3 is 0 Å². The molecule has 3 rings (SSSR count). The maximum atomic E-state index is 12.1. The molecule has 2 atom stereocenters. The number of para-hydroxylation sites is 2.